The number of nitrogens with zero attached hydrogens (tertiary/aromatic N) is 1. The minimum Gasteiger partial charge on any atom is -0.320 e. The largest absolute Gasteiger partial charge is 0.320 e. The second kappa shape index (κ2) is 4.58. The van der Waals surface area contributed by atoms with Crippen molar-refractivity contribution in [3.8, 4) is 0 Å². The van der Waals surface area contributed by atoms with E-state index in [2.05, 4.69) is 38.1 Å². The zero-order chi connectivity index (χ0) is 10.6. The molecule has 0 aliphatic carbocycles. The van der Waals surface area contributed by atoms with Gasteiger partial charge in [-0.1, -0.05) is 37.3 Å². The summed E-state index contributed by atoms with van der Waals surface area (Å²) in [4.78, 5) is 2.14. The summed E-state index contributed by atoms with van der Waals surface area (Å²) in [7, 11) is 4.11. The number of hydrogen-bond donors (Lipinski definition) is 1. The lowest BCUT2D eigenvalue weighted by Gasteiger charge is -2.31. The van der Waals surface area contributed by atoms with Gasteiger partial charge in [-0.05, 0) is 26.1 Å². The highest BCUT2D eigenvalue weighted by atomic mass is 15.1. The normalized spacial score (nSPS) is 15.5. The number of benzene rings is 1. The Bertz CT molecular complexity index is 269. The van der Waals surface area contributed by atoms with E-state index in [0.29, 0.717) is 0 Å². The molecule has 1 aromatic carbocycles. The molecular formula is C12H20N2. The lowest BCUT2D eigenvalue weighted by atomic mass is 9.88. The minimum absolute atomic E-state index is 0.217. The highest BCUT2D eigenvalue weighted by molar-refractivity contribution is 5.24. The van der Waals surface area contributed by atoms with E-state index in [0.717, 1.165) is 13.0 Å². The molecule has 0 heterocycles. The van der Waals surface area contributed by atoms with E-state index in [1.54, 1.807) is 0 Å². The average molecular weight is 192 g/mol. The average Bonchev–Trinajstić information content (AvgIpc) is 2.18. The van der Waals surface area contributed by atoms with Crippen molar-refractivity contribution in [1.82, 2.24) is 4.90 Å². The SMILES string of the molecule is CCC(N)(CN(C)C)c1ccccc1. The molecule has 0 aliphatic rings. The Hall–Kier alpha value is -0.860. The third-order valence-electron chi connectivity index (χ3n) is 2.58. The monoisotopic (exact) mass is 192 g/mol. The van der Waals surface area contributed by atoms with Crippen molar-refractivity contribution in [2.75, 3.05) is 20.6 Å². The van der Waals surface area contributed by atoms with Crippen LogP contribution in [0.15, 0.2) is 30.3 Å². The Morgan fingerprint density at radius 2 is 1.79 bits per heavy atom. The van der Waals surface area contributed by atoms with Crippen LogP contribution < -0.4 is 5.73 Å². The van der Waals surface area contributed by atoms with E-state index in [-0.39, 0.29) is 5.54 Å². The number of hydrogen-bond acceptors (Lipinski definition) is 2. The van der Waals surface area contributed by atoms with Crippen LogP contribution in [0.1, 0.15) is 18.9 Å². The molecule has 0 fully saturated rings. The summed E-state index contributed by atoms with van der Waals surface area (Å²) in [6, 6.07) is 10.3. The second-order valence-electron chi connectivity index (χ2n) is 4.11. The van der Waals surface area contributed by atoms with Crippen LogP contribution in [0, 0.1) is 0 Å². The maximum Gasteiger partial charge on any atom is 0.0535 e. The molecule has 2 N–H and O–H groups in total. The van der Waals surface area contributed by atoms with Crippen molar-refractivity contribution in [3.05, 3.63) is 35.9 Å². The molecule has 0 saturated heterocycles. The van der Waals surface area contributed by atoms with Crippen molar-refractivity contribution in [1.29, 1.82) is 0 Å². The maximum atomic E-state index is 6.38. The van der Waals surface area contributed by atoms with E-state index in [9.17, 15) is 0 Å². The van der Waals surface area contributed by atoms with Crippen molar-refractivity contribution >= 4 is 0 Å². The molecule has 0 bridgehead atoms. The molecule has 0 saturated carbocycles. The van der Waals surface area contributed by atoms with Crippen molar-refractivity contribution in [2.45, 2.75) is 18.9 Å². The van der Waals surface area contributed by atoms with Gasteiger partial charge in [0.25, 0.3) is 0 Å². The van der Waals surface area contributed by atoms with Crippen LogP contribution in [0.25, 0.3) is 0 Å². The highest BCUT2D eigenvalue weighted by Crippen LogP contribution is 2.22. The third kappa shape index (κ3) is 2.56. The van der Waals surface area contributed by atoms with Gasteiger partial charge in [0.1, 0.15) is 0 Å². The lowest BCUT2D eigenvalue weighted by molar-refractivity contribution is 0.278. The van der Waals surface area contributed by atoms with Gasteiger partial charge >= 0.3 is 0 Å². The van der Waals surface area contributed by atoms with Crippen molar-refractivity contribution in [2.24, 2.45) is 5.73 Å². The van der Waals surface area contributed by atoms with Gasteiger partial charge < -0.3 is 10.6 Å². The quantitative estimate of drug-likeness (QED) is 0.788. The predicted molar refractivity (Wildman–Crippen MR) is 61.2 cm³/mol. The Kier molecular flexibility index (Phi) is 3.67. The molecular weight excluding hydrogens is 172 g/mol. The summed E-state index contributed by atoms with van der Waals surface area (Å²) in [6.45, 7) is 3.02. The third-order valence-corrected chi connectivity index (χ3v) is 2.58. The van der Waals surface area contributed by atoms with Crippen LogP contribution in [-0.4, -0.2) is 25.5 Å². The van der Waals surface area contributed by atoms with Crippen LogP contribution in [-0.2, 0) is 5.54 Å². The molecule has 1 unspecified atom stereocenters. The molecule has 2 nitrogen and oxygen atoms in total. The minimum atomic E-state index is -0.217. The molecule has 1 aromatic rings. The predicted octanol–water partition coefficient (Wildman–Crippen LogP) is 1.81. The van der Waals surface area contributed by atoms with Crippen molar-refractivity contribution < 1.29 is 0 Å². The van der Waals surface area contributed by atoms with Gasteiger partial charge in [-0.2, -0.15) is 0 Å². The fourth-order valence-corrected chi connectivity index (χ4v) is 1.74. The zero-order valence-corrected chi connectivity index (χ0v) is 9.33. The van der Waals surface area contributed by atoms with Crippen LogP contribution in [0.3, 0.4) is 0 Å². The van der Waals surface area contributed by atoms with Gasteiger partial charge in [0, 0.05) is 6.54 Å². The fraction of sp³-hybridized carbons (Fsp3) is 0.500. The van der Waals surface area contributed by atoms with Crippen LogP contribution >= 0.6 is 0 Å². The summed E-state index contributed by atoms with van der Waals surface area (Å²) in [5.74, 6) is 0. The second-order valence-corrected chi connectivity index (χ2v) is 4.11. The molecule has 0 radical (unpaired) electrons. The molecule has 2 heteroatoms. The van der Waals surface area contributed by atoms with Gasteiger partial charge in [0.05, 0.1) is 5.54 Å². The Morgan fingerprint density at radius 1 is 1.21 bits per heavy atom. The van der Waals surface area contributed by atoms with E-state index >= 15 is 0 Å². The van der Waals surface area contributed by atoms with E-state index in [4.69, 9.17) is 5.73 Å². The molecule has 1 rings (SSSR count). The topological polar surface area (TPSA) is 29.3 Å². The first-order chi connectivity index (χ1) is 6.58. The fourth-order valence-electron chi connectivity index (χ4n) is 1.74. The maximum absolute atomic E-state index is 6.38. The summed E-state index contributed by atoms with van der Waals surface area (Å²) in [5, 5.41) is 0. The summed E-state index contributed by atoms with van der Waals surface area (Å²) in [6.07, 6.45) is 0.954. The molecule has 1 atom stereocenters. The van der Waals surface area contributed by atoms with Crippen LogP contribution in [0.2, 0.25) is 0 Å². The molecule has 0 aliphatic heterocycles. The standard InChI is InChI=1S/C12H20N2/c1-4-12(13,10-14(2)3)11-8-6-5-7-9-11/h5-9H,4,10,13H2,1-3H3. The first-order valence-corrected chi connectivity index (χ1v) is 5.07. The van der Waals surface area contributed by atoms with Crippen molar-refractivity contribution in [3.63, 3.8) is 0 Å². The summed E-state index contributed by atoms with van der Waals surface area (Å²) < 4.78 is 0. The van der Waals surface area contributed by atoms with Gasteiger partial charge in [-0.25, -0.2) is 0 Å². The Labute approximate surface area is 86.7 Å². The number of nitrogens with two attached hydrogens (primary N) is 1. The van der Waals surface area contributed by atoms with E-state index in [1.807, 2.05) is 18.2 Å². The molecule has 78 valence electrons. The van der Waals surface area contributed by atoms with Crippen LogP contribution in [0.5, 0.6) is 0 Å². The van der Waals surface area contributed by atoms with Gasteiger partial charge in [-0.15, -0.1) is 0 Å². The van der Waals surface area contributed by atoms with Crippen LogP contribution in [0.4, 0.5) is 0 Å². The molecule has 0 aromatic heterocycles. The van der Waals surface area contributed by atoms with E-state index < -0.39 is 0 Å². The molecule has 14 heavy (non-hydrogen) atoms. The first kappa shape index (κ1) is 11.2. The van der Waals surface area contributed by atoms with Gasteiger partial charge in [-0.3, -0.25) is 0 Å². The Balaban J connectivity index is 2.90. The van der Waals surface area contributed by atoms with E-state index in [1.165, 1.54) is 5.56 Å². The summed E-state index contributed by atoms with van der Waals surface area (Å²) >= 11 is 0. The Morgan fingerprint density at radius 3 is 2.21 bits per heavy atom. The first-order valence-electron chi connectivity index (χ1n) is 5.07. The highest BCUT2D eigenvalue weighted by Gasteiger charge is 2.25. The zero-order valence-electron chi connectivity index (χ0n) is 9.33. The lowest BCUT2D eigenvalue weighted by Crippen LogP contribution is -2.45. The molecule has 0 amide bonds. The summed E-state index contributed by atoms with van der Waals surface area (Å²) in [5.41, 5.74) is 7.38. The number of likely N-dealkylation sites (N-methyl/N-ethyl adjacent to an activating group) is 1. The smallest absolute Gasteiger partial charge is 0.0535 e. The molecule has 0 spiro atoms. The van der Waals surface area contributed by atoms with Gasteiger partial charge in [0.2, 0.25) is 0 Å². The van der Waals surface area contributed by atoms with Gasteiger partial charge in [0.15, 0.2) is 0 Å². The number of rotatable bonds is 4.